The van der Waals surface area contributed by atoms with Crippen LogP contribution in [0.2, 0.25) is 0 Å². The summed E-state index contributed by atoms with van der Waals surface area (Å²) in [4.78, 5) is 23.0. The zero-order valence-electron chi connectivity index (χ0n) is 17.5. The Morgan fingerprint density at radius 3 is 2.93 bits per heavy atom. The molecule has 3 N–H and O–H groups in total. The number of amides is 1. The summed E-state index contributed by atoms with van der Waals surface area (Å²) in [6, 6.07) is 9.79. The zero-order valence-corrected chi connectivity index (χ0v) is 17.5. The van der Waals surface area contributed by atoms with Gasteiger partial charge in [0.05, 0.1) is 11.6 Å². The van der Waals surface area contributed by atoms with E-state index in [1.807, 2.05) is 25.1 Å². The highest BCUT2D eigenvalue weighted by molar-refractivity contribution is 5.77. The Kier molecular flexibility index (Phi) is 7.20. The van der Waals surface area contributed by atoms with E-state index < -0.39 is 6.61 Å². The van der Waals surface area contributed by atoms with Gasteiger partial charge in [0.25, 0.3) is 0 Å². The van der Waals surface area contributed by atoms with Crippen molar-refractivity contribution in [3.8, 4) is 6.07 Å². The lowest BCUT2D eigenvalue weighted by atomic mass is 10.1. The van der Waals surface area contributed by atoms with Gasteiger partial charge in [0.15, 0.2) is 0 Å². The molecule has 0 aliphatic carbocycles. The summed E-state index contributed by atoms with van der Waals surface area (Å²) in [6.45, 7) is 4.99. The van der Waals surface area contributed by atoms with Crippen LogP contribution in [0.15, 0.2) is 24.3 Å². The van der Waals surface area contributed by atoms with Crippen molar-refractivity contribution in [1.29, 1.82) is 5.26 Å². The molecule has 3 rings (SSSR count). The summed E-state index contributed by atoms with van der Waals surface area (Å²) < 4.78 is 0. The Hall–Kier alpha value is -3.18. The predicted octanol–water partition coefficient (Wildman–Crippen LogP) is 2.43. The largest absolute Gasteiger partial charge is 0.387 e. The number of nitriles is 1. The molecule has 0 saturated carbocycles. The van der Waals surface area contributed by atoms with Crippen LogP contribution < -0.4 is 15.5 Å². The Morgan fingerprint density at radius 1 is 1.37 bits per heavy atom. The third-order valence-electron chi connectivity index (χ3n) is 5.14. The molecule has 158 valence electrons. The van der Waals surface area contributed by atoms with Crippen molar-refractivity contribution in [1.82, 2.24) is 15.3 Å². The molecule has 0 spiro atoms. The van der Waals surface area contributed by atoms with Crippen molar-refractivity contribution < 1.29 is 9.90 Å². The van der Waals surface area contributed by atoms with Crippen LogP contribution in [0.25, 0.3) is 0 Å². The number of carbonyl (C=O) groups excluding carboxylic acids is 1. The average Bonchev–Trinajstić information content (AvgIpc) is 2.75. The summed E-state index contributed by atoms with van der Waals surface area (Å²) in [5.74, 6) is 0.947. The van der Waals surface area contributed by atoms with Gasteiger partial charge in [0.1, 0.15) is 12.4 Å². The normalized spacial score (nSPS) is 16.1. The van der Waals surface area contributed by atoms with E-state index in [4.69, 9.17) is 10.1 Å². The van der Waals surface area contributed by atoms with Gasteiger partial charge in [-0.25, -0.2) is 4.98 Å². The third kappa shape index (κ3) is 5.45. The highest BCUT2D eigenvalue weighted by Gasteiger charge is 2.23. The SMILES string of the molecule is CCCc1cc(N2CCC[C@@H](NC(=O)CO)C2)nc(Nc2ccc(C)c(C#N)c2)n1. The molecule has 1 aliphatic heterocycles. The second-order valence-electron chi connectivity index (χ2n) is 7.57. The molecule has 1 saturated heterocycles. The van der Waals surface area contributed by atoms with Gasteiger partial charge < -0.3 is 20.6 Å². The molecule has 30 heavy (non-hydrogen) atoms. The van der Waals surface area contributed by atoms with E-state index in [1.165, 1.54) is 0 Å². The van der Waals surface area contributed by atoms with Crippen LogP contribution >= 0.6 is 0 Å². The first kappa shape index (κ1) is 21.5. The Morgan fingerprint density at radius 2 is 2.20 bits per heavy atom. The lowest BCUT2D eigenvalue weighted by molar-refractivity contribution is -0.124. The van der Waals surface area contributed by atoms with Gasteiger partial charge in [0.2, 0.25) is 11.9 Å². The molecule has 8 heteroatoms. The van der Waals surface area contributed by atoms with Crippen LogP contribution in [-0.2, 0) is 11.2 Å². The number of hydrogen-bond donors (Lipinski definition) is 3. The van der Waals surface area contributed by atoms with Crippen LogP contribution in [0.5, 0.6) is 0 Å². The standard InChI is InChI=1S/C22H28N6O2/c1-3-5-17-11-20(28-9-4-6-19(13-28)24-21(30)14-29)27-22(25-17)26-18-8-7-15(2)16(10-18)12-23/h7-8,10-11,19,29H,3-6,9,13-14H2,1-2H3,(H,24,30)(H,25,26,27)/t19-/m1/s1. The first-order valence-electron chi connectivity index (χ1n) is 10.3. The summed E-state index contributed by atoms with van der Waals surface area (Å²) in [5.41, 5.74) is 3.25. The Labute approximate surface area is 177 Å². The second kappa shape index (κ2) is 10.0. The number of rotatable bonds is 7. The summed E-state index contributed by atoms with van der Waals surface area (Å²) in [7, 11) is 0. The van der Waals surface area contributed by atoms with Crippen molar-refractivity contribution in [2.24, 2.45) is 0 Å². The average molecular weight is 409 g/mol. The smallest absolute Gasteiger partial charge is 0.245 e. The van der Waals surface area contributed by atoms with Gasteiger partial charge >= 0.3 is 0 Å². The number of aromatic nitrogens is 2. The topological polar surface area (TPSA) is 114 Å². The number of carbonyl (C=O) groups is 1. The molecule has 1 aromatic carbocycles. The van der Waals surface area contributed by atoms with Crippen molar-refractivity contribution in [2.45, 2.75) is 45.6 Å². The van der Waals surface area contributed by atoms with Crippen LogP contribution in [0.1, 0.15) is 43.0 Å². The van der Waals surface area contributed by atoms with Crippen molar-refractivity contribution in [3.05, 3.63) is 41.1 Å². The molecule has 1 atom stereocenters. The second-order valence-corrected chi connectivity index (χ2v) is 7.57. The van der Waals surface area contributed by atoms with Crippen molar-refractivity contribution in [2.75, 3.05) is 29.9 Å². The van der Waals surface area contributed by atoms with Gasteiger partial charge in [-0.2, -0.15) is 10.2 Å². The fraction of sp³-hybridized carbons (Fsp3) is 0.455. The molecule has 1 aliphatic rings. The van der Waals surface area contributed by atoms with E-state index in [9.17, 15) is 10.1 Å². The highest BCUT2D eigenvalue weighted by atomic mass is 16.3. The van der Waals surface area contributed by atoms with E-state index in [2.05, 4.69) is 33.5 Å². The molecule has 1 amide bonds. The van der Waals surface area contributed by atoms with Gasteiger partial charge in [-0.1, -0.05) is 19.4 Å². The minimum absolute atomic E-state index is 0.0188. The van der Waals surface area contributed by atoms with E-state index in [0.29, 0.717) is 18.1 Å². The lowest BCUT2D eigenvalue weighted by Gasteiger charge is -2.34. The third-order valence-corrected chi connectivity index (χ3v) is 5.14. The quantitative estimate of drug-likeness (QED) is 0.645. The first-order chi connectivity index (χ1) is 14.5. The number of benzene rings is 1. The number of piperidine rings is 1. The van der Waals surface area contributed by atoms with E-state index in [-0.39, 0.29) is 11.9 Å². The molecule has 8 nitrogen and oxygen atoms in total. The molecular weight excluding hydrogens is 380 g/mol. The maximum Gasteiger partial charge on any atom is 0.245 e. The van der Waals surface area contributed by atoms with Gasteiger partial charge in [-0.05, 0) is 43.9 Å². The molecule has 0 unspecified atom stereocenters. The molecule has 1 aromatic heterocycles. The number of aryl methyl sites for hydroxylation is 2. The summed E-state index contributed by atoms with van der Waals surface area (Å²) >= 11 is 0. The number of aliphatic hydroxyl groups excluding tert-OH is 1. The fourth-order valence-electron chi connectivity index (χ4n) is 3.61. The minimum Gasteiger partial charge on any atom is -0.387 e. The maximum atomic E-state index is 11.6. The van der Waals surface area contributed by atoms with Gasteiger partial charge in [-0.3, -0.25) is 4.79 Å². The number of aliphatic hydroxyl groups is 1. The molecule has 1 fully saturated rings. The Balaban J connectivity index is 1.84. The molecular formula is C22H28N6O2. The lowest BCUT2D eigenvalue weighted by Crippen LogP contribution is -2.48. The molecule has 0 bridgehead atoms. The van der Waals surface area contributed by atoms with Crippen molar-refractivity contribution >= 4 is 23.4 Å². The van der Waals surface area contributed by atoms with Crippen LogP contribution in [-0.4, -0.2) is 46.7 Å². The van der Waals surface area contributed by atoms with Crippen LogP contribution in [0, 0.1) is 18.3 Å². The number of anilines is 3. The first-order valence-corrected chi connectivity index (χ1v) is 10.3. The fourth-order valence-corrected chi connectivity index (χ4v) is 3.61. The van der Waals surface area contributed by atoms with E-state index >= 15 is 0 Å². The van der Waals surface area contributed by atoms with Crippen molar-refractivity contribution in [3.63, 3.8) is 0 Å². The maximum absolute atomic E-state index is 11.6. The Bertz CT molecular complexity index is 940. The summed E-state index contributed by atoms with van der Waals surface area (Å²) in [5, 5.41) is 24.4. The van der Waals surface area contributed by atoms with E-state index in [0.717, 1.165) is 55.0 Å². The summed E-state index contributed by atoms with van der Waals surface area (Å²) in [6.07, 6.45) is 3.60. The number of hydrogen-bond acceptors (Lipinski definition) is 7. The molecule has 0 radical (unpaired) electrons. The highest BCUT2D eigenvalue weighted by Crippen LogP contribution is 2.23. The molecule has 2 aromatic rings. The monoisotopic (exact) mass is 408 g/mol. The van der Waals surface area contributed by atoms with E-state index in [1.54, 1.807) is 6.07 Å². The number of nitrogens with zero attached hydrogens (tertiary/aromatic N) is 4. The van der Waals surface area contributed by atoms with Crippen LogP contribution in [0.4, 0.5) is 17.5 Å². The minimum atomic E-state index is -0.500. The van der Waals surface area contributed by atoms with Gasteiger partial charge in [0, 0.05) is 36.6 Å². The zero-order chi connectivity index (χ0) is 21.5. The van der Waals surface area contributed by atoms with Crippen LogP contribution in [0.3, 0.4) is 0 Å². The molecule has 2 heterocycles. The van der Waals surface area contributed by atoms with Gasteiger partial charge in [-0.15, -0.1) is 0 Å². The predicted molar refractivity (Wildman–Crippen MR) is 116 cm³/mol. The number of nitrogens with one attached hydrogen (secondary N) is 2.